The number of fused-ring (bicyclic) bond motifs is 1. The van der Waals surface area contributed by atoms with Gasteiger partial charge >= 0.3 is 0 Å². The maximum Gasteiger partial charge on any atom is 0.260 e. The number of pyridine rings is 2. The Labute approximate surface area is 172 Å². The summed E-state index contributed by atoms with van der Waals surface area (Å²) >= 11 is 0. The van der Waals surface area contributed by atoms with Crippen LogP contribution in [0, 0.1) is 11.6 Å². The van der Waals surface area contributed by atoms with Crippen LogP contribution in [0.4, 0.5) is 8.78 Å². The minimum atomic E-state index is -0.687. The fourth-order valence-corrected chi connectivity index (χ4v) is 3.52. The Kier molecular flexibility index (Phi) is 5.31. The van der Waals surface area contributed by atoms with Crippen molar-refractivity contribution >= 4 is 10.9 Å². The van der Waals surface area contributed by atoms with Crippen molar-refractivity contribution in [1.82, 2.24) is 9.55 Å². The van der Waals surface area contributed by atoms with Crippen LogP contribution in [0.15, 0.2) is 65.6 Å². The number of rotatable bonds is 5. The highest BCUT2D eigenvalue weighted by molar-refractivity contribution is 5.83. The predicted molar refractivity (Wildman–Crippen MR) is 113 cm³/mol. The van der Waals surface area contributed by atoms with Crippen molar-refractivity contribution in [2.75, 3.05) is 7.11 Å². The van der Waals surface area contributed by atoms with Crippen LogP contribution >= 0.6 is 0 Å². The lowest BCUT2D eigenvalue weighted by Crippen LogP contribution is -2.22. The van der Waals surface area contributed by atoms with E-state index in [0.717, 1.165) is 16.9 Å². The highest BCUT2D eigenvalue weighted by Gasteiger charge is 2.16. The first-order chi connectivity index (χ1) is 14.5. The molecule has 0 amide bonds. The van der Waals surface area contributed by atoms with Crippen LogP contribution in [0.25, 0.3) is 22.2 Å². The summed E-state index contributed by atoms with van der Waals surface area (Å²) in [5.74, 6) is -0.628. The van der Waals surface area contributed by atoms with Crippen LogP contribution in [-0.2, 0) is 13.0 Å². The summed E-state index contributed by atoms with van der Waals surface area (Å²) in [6.07, 6.45) is 2.39. The van der Waals surface area contributed by atoms with Crippen molar-refractivity contribution in [3.63, 3.8) is 0 Å². The van der Waals surface area contributed by atoms with E-state index in [1.54, 1.807) is 23.9 Å². The van der Waals surface area contributed by atoms with E-state index in [1.807, 2.05) is 31.2 Å². The zero-order valence-electron chi connectivity index (χ0n) is 16.7. The number of hydrogen-bond acceptors (Lipinski definition) is 3. The SMILES string of the molecule is CCc1cn(Cc2ccc(OC)cc2)c(=O)c2ccc(-c3c(F)cccc3F)nc12. The van der Waals surface area contributed by atoms with Gasteiger partial charge in [0.25, 0.3) is 5.56 Å². The smallest absolute Gasteiger partial charge is 0.260 e. The molecule has 6 heteroatoms. The zero-order valence-corrected chi connectivity index (χ0v) is 16.7. The number of aromatic nitrogens is 2. The van der Waals surface area contributed by atoms with E-state index in [0.29, 0.717) is 23.9 Å². The normalized spacial score (nSPS) is 11.1. The summed E-state index contributed by atoms with van der Waals surface area (Å²) in [5, 5.41) is 0.420. The van der Waals surface area contributed by atoms with E-state index in [9.17, 15) is 13.6 Å². The zero-order chi connectivity index (χ0) is 21.3. The van der Waals surface area contributed by atoms with Gasteiger partial charge in [-0.25, -0.2) is 13.8 Å². The van der Waals surface area contributed by atoms with E-state index in [2.05, 4.69) is 4.98 Å². The lowest BCUT2D eigenvalue weighted by molar-refractivity contribution is 0.414. The predicted octanol–water partition coefficient (Wildman–Crippen LogP) is 4.96. The molecule has 4 rings (SSSR count). The van der Waals surface area contributed by atoms with Crippen molar-refractivity contribution in [2.24, 2.45) is 0 Å². The molecule has 0 fully saturated rings. The van der Waals surface area contributed by atoms with Gasteiger partial charge in [-0.3, -0.25) is 4.79 Å². The Morgan fingerprint density at radius 1 is 1.00 bits per heavy atom. The average Bonchev–Trinajstić information content (AvgIpc) is 2.76. The molecule has 0 unspecified atom stereocenters. The minimum absolute atomic E-state index is 0.167. The maximum absolute atomic E-state index is 14.2. The van der Waals surface area contributed by atoms with Gasteiger partial charge < -0.3 is 9.30 Å². The third-order valence-corrected chi connectivity index (χ3v) is 5.11. The quantitative estimate of drug-likeness (QED) is 0.471. The number of hydrogen-bond donors (Lipinski definition) is 0. The standard InChI is InChI=1S/C24H20F2N2O2/c1-3-16-14-28(13-15-7-9-17(30-2)10-8-15)24(29)18-11-12-21(27-23(16)18)22-19(25)5-4-6-20(22)26/h4-12,14H,3,13H2,1-2H3. The third kappa shape index (κ3) is 3.56. The molecule has 0 N–H and O–H groups in total. The summed E-state index contributed by atoms with van der Waals surface area (Å²) in [4.78, 5) is 17.5. The number of aryl methyl sites for hydroxylation is 1. The van der Waals surface area contributed by atoms with Gasteiger partial charge in [0.1, 0.15) is 17.4 Å². The molecule has 30 heavy (non-hydrogen) atoms. The molecule has 0 bridgehead atoms. The first kappa shape index (κ1) is 19.8. The van der Waals surface area contributed by atoms with Crippen LogP contribution in [0.1, 0.15) is 18.1 Å². The number of ether oxygens (including phenoxy) is 1. The van der Waals surface area contributed by atoms with E-state index >= 15 is 0 Å². The molecule has 0 spiro atoms. The van der Waals surface area contributed by atoms with Gasteiger partial charge in [-0.2, -0.15) is 0 Å². The first-order valence-electron chi connectivity index (χ1n) is 9.62. The van der Waals surface area contributed by atoms with Gasteiger partial charge in [0, 0.05) is 6.20 Å². The minimum Gasteiger partial charge on any atom is -0.497 e. The molecule has 0 saturated carbocycles. The molecule has 0 saturated heterocycles. The van der Waals surface area contributed by atoms with Crippen LogP contribution in [-0.4, -0.2) is 16.7 Å². The molecule has 0 aliphatic carbocycles. The number of methoxy groups -OCH3 is 1. The fourth-order valence-electron chi connectivity index (χ4n) is 3.52. The lowest BCUT2D eigenvalue weighted by atomic mass is 10.1. The highest BCUT2D eigenvalue weighted by Crippen LogP contribution is 2.27. The molecule has 2 aromatic heterocycles. The van der Waals surface area contributed by atoms with E-state index in [4.69, 9.17) is 4.74 Å². The molecular formula is C24H20F2N2O2. The van der Waals surface area contributed by atoms with Crippen molar-refractivity contribution in [1.29, 1.82) is 0 Å². The van der Waals surface area contributed by atoms with Gasteiger partial charge in [-0.15, -0.1) is 0 Å². The molecule has 4 nitrogen and oxygen atoms in total. The summed E-state index contributed by atoms with van der Waals surface area (Å²) in [5.41, 5.74) is 2.03. The highest BCUT2D eigenvalue weighted by atomic mass is 19.1. The number of halogens is 2. The van der Waals surface area contributed by atoms with Crippen LogP contribution in [0.5, 0.6) is 5.75 Å². The maximum atomic E-state index is 14.2. The summed E-state index contributed by atoms with van der Waals surface area (Å²) in [6, 6.07) is 14.3. The molecule has 0 aliphatic heterocycles. The molecule has 0 aliphatic rings. The Bertz CT molecular complexity index is 1260. The summed E-state index contributed by atoms with van der Waals surface area (Å²) in [7, 11) is 1.60. The van der Waals surface area contributed by atoms with Crippen molar-refractivity contribution in [2.45, 2.75) is 19.9 Å². The Morgan fingerprint density at radius 3 is 2.33 bits per heavy atom. The molecule has 2 heterocycles. The largest absolute Gasteiger partial charge is 0.497 e. The van der Waals surface area contributed by atoms with Gasteiger partial charge in [0.15, 0.2) is 0 Å². The Hall–Kier alpha value is -3.54. The van der Waals surface area contributed by atoms with Gasteiger partial charge in [0.2, 0.25) is 0 Å². The monoisotopic (exact) mass is 406 g/mol. The summed E-state index contributed by atoms with van der Waals surface area (Å²) in [6.45, 7) is 2.35. The van der Waals surface area contributed by atoms with E-state index in [1.165, 1.54) is 24.3 Å². The second kappa shape index (κ2) is 8.06. The number of benzene rings is 2. The van der Waals surface area contributed by atoms with Crippen molar-refractivity contribution in [3.8, 4) is 17.0 Å². The molecule has 152 valence electrons. The lowest BCUT2D eigenvalue weighted by Gasteiger charge is -2.13. The molecule has 2 aromatic carbocycles. The van der Waals surface area contributed by atoms with Gasteiger partial charge in [0.05, 0.1) is 35.8 Å². The average molecular weight is 406 g/mol. The van der Waals surface area contributed by atoms with Gasteiger partial charge in [-0.1, -0.05) is 25.1 Å². The third-order valence-electron chi connectivity index (χ3n) is 5.11. The topological polar surface area (TPSA) is 44.1 Å². The van der Waals surface area contributed by atoms with Crippen molar-refractivity contribution in [3.05, 3.63) is 93.9 Å². The van der Waals surface area contributed by atoms with Crippen LogP contribution < -0.4 is 10.3 Å². The Balaban J connectivity index is 1.82. The van der Waals surface area contributed by atoms with Crippen molar-refractivity contribution < 1.29 is 13.5 Å². The Morgan fingerprint density at radius 2 is 1.70 bits per heavy atom. The fraction of sp³-hybridized carbons (Fsp3) is 0.167. The molecular weight excluding hydrogens is 386 g/mol. The summed E-state index contributed by atoms with van der Waals surface area (Å²) < 4.78 is 35.2. The second-order valence-corrected chi connectivity index (χ2v) is 6.98. The molecule has 0 atom stereocenters. The van der Waals surface area contributed by atoms with E-state index in [-0.39, 0.29) is 16.8 Å². The second-order valence-electron chi connectivity index (χ2n) is 6.98. The van der Waals surface area contributed by atoms with Gasteiger partial charge in [-0.05, 0) is 53.9 Å². The molecule has 4 aromatic rings. The van der Waals surface area contributed by atoms with Crippen LogP contribution in [0.2, 0.25) is 0 Å². The molecule has 0 radical (unpaired) electrons. The van der Waals surface area contributed by atoms with Crippen LogP contribution in [0.3, 0.4) is 0 Å². The first-order valence-corrected chi connectivity index (χ1v) is 9.62. The van der Waals surface area contributed by atoms with E-state index < -0.39 is 11.6 Å². The number of nitrogens with zero attached hydrogens (tertiary/aromatic N) is 2.